The number of hydrogen-bond donors (Lipinski definition) is 1. The molecule has 1 aromatic carbocycles. The molecule has 4 rings (SSSR count). The highest BCUT2D eigenvalue weighted by atomic mass is 16.5. The van der Waals surface area contributed by atoms with Crippen molar-refractivity contribution in [2.75, 3.05) is 18.4 Å². The van der Waals surface area contributed by atoms with E-state index in [1.165, 1.54) is 11.1 Å². The van der Waals surface area contributed by atoms with Gasteiger partial charge in [-0.3, -0.25) is 0 Å². The quantitative estimate of drug-likeness (QED) is 0.872. The largest absolute Gasteiger partial charge is 0.368 e. The Bertz CT molecular complexity index is 834. The second-order valence-electron chi connectivity index (χ2n) is 8.37. The minimum Gasteiger partial charge on any atom is -0.368 e. The molecule has 0 saturated carbocycles. The Kier molecular flexibility index (Phi) is 5.10. The number of anilines is 1. The van der Waals surface area contributed by atoms with E-state index in [4.69, 9.17) is 4.74 Å². The maximum atomic E-state index is 13.1. The van der Waals surface area contributed by atoms with E-state index in [2.05, 4.69) is 61.5 Å². The number of rotatable bonds is 3. The third-order valence-corrected chi connectivity index (χ3v) is 5.82. The van der Waals surface area contributed by atoms with E-state index < -0.39 is 0 Å². The van der Waals surface area contributed by atoms with Crippen LogP contribution in [-0.2, 0) is 11.3 Å². The summed E-state index contributed by atoms with van der Waals surface area (Å²) in [6.07, 6.45) is 2.53. The van der Waals surface area contributed by atoms with Crippen LogP contribution in [0.5, 0.6) is 0 Å². The standard InChI is InChI=1S/C21H29N5O2/c1-13(2)16-6-5-7-17(14(3)4)20(16)23-21(27)25-9-8-18-19(11-25)28-12-15-10-22-24-26(15)18/h5-7,10,13-14,18-19H,8-9,11-12H2,1-4H3,(H,23,27). The van der Waals surface area contributed by atoms with Gasteiger partial charge in [0.15, 0.2) is 0 Å². The second-order valence-corrected chi connectivity index (χ2v) is 8.37. The van der Waals surface area contributed by atoms with Gasteiger partial charge in [0.25, 0.3) is 0 Å². The van der Waals surface area contributed by atoms with Gasteiger partial charge in [-0.25, -0.2) is 9.48 Å². The number of piperidine rings is 1. The van der Waals surface area contributed by atoms with Gasteiger partial charge in [-0.15, -0.1) is 5.10 Å². The molecule has 0 radical (unpaired) electrons. The van der Waals surface area contributed by atoms with Gasteiger partial charge in [-0.1, -0.05) is 51.1 Å². The molecule has 0 bridgehead atoms. The molecule has 2 unspecified atom stereocenters. The van der Waals surface area contributed by atoms with Crippen molar-refractivity contribution in [1.82, 2.24) is 19.9 Å². The Hall–Kier alpha value is -2.41. The summed E-state index contributed by atoms with van der Waals surface area (Å²) in [6.45, 7) is 10.4. The summed E-state index contributed by atoms with van der Waals surface area (Å²) in [5.41, 5.74) is 4.32. The number of hydrogen-bond acceptors (Lipinski definition) is 4. The van der Waals surface area contributed by atoms with Crippen LogP contribution in [0.3, 0.4) is 0 Å². The van der Waals surface area contributed by atoms with Crippen molar-refractivity contribution >= 4 is 11.7 Å². The number of benzene rings is 1. The van der Waals surface area contributed by atoms with Crippen molar-refractivity contribution in [3.63, 3.8) is 0 Å². The van der Waals surface area contributed by atoms with Crippen molar-refractivity contribution in [1.29, 1.82) is 0 Å². The SMILES string of the molecule is CC(C)c1cccc(C(C)C)c1NC(=O)N1CCC2C(C1)OCc1cnnn12. The summed E-state index contributed by atoms with van der Waals surface area (Å²) in [5, 5.41) is 11.4. The van der Waals surface area contributed by atoms with Crippen LogP contribution in [0.2, 0.25) is 0 Å². The number of ether oxygens (including phenoxy) is 1. The van der Waals surface area contributed by atoms with E-state index in [0.29, 0.717) is 31.5 Å². The highest BCUT2D eigenvalue weighted by Crippen LogP contribution is 2.34. The van der Waals surface area contributed by atoms with E-state index in [0.717, 1.165) is 17.8 Å². The van der Waals surface area contributed by atoms with E-state index in [1.807, 2.05) is 9.58 Å². The number of carbonyl (C=O) groups is 1. The van der Waals surface area contributed by atoms with Crippen LogP contribution >= 0.6 is 0 Å². The number of amides is 2. The highest BCUT2D eigenvalue weighted by molar-refractivity contribution is 5.91. The topological polar surface area (TPSA) is 72.3 Å². The summed E-state index contributed by atoms with van der Waals surface area (Å²) in [4.78, 5) is 15.0. The summed E-state index contributed by atoms with van der Waals surface area (Å²) in [7, 11) is 0. The zero-order chi connectivity index (χ0) is 19.8. The molecule has 1 saturated heterocycles. The minimum atomic E-state index is -0.0542. The fourth-order valence-corrected chi connectivity index (χ4v) is 4.25. The monoisotopic (exact) mass is 383 g/mol. The Morgan fingerprint density at radius 1 is 1.21 bits per heavy atom. The number of fused-ring (bicyclic) bond motifs is 3. The lowest BCUT2D eigenvalue weighted by molar-refractivity contribution is -0.0595. The molecule has 2 aliphatic rings. The van der Waals surface area contributed by atoms with Gasteiger partial charge in [0.2, 0.25) is 0 Å². The number of para-hydroxylation sites is 1. The highest BCUT2D eigenvalue weighted by Gasteiger charge is 2.38. The van der Waals surface area contributed by atoms with Gasteiger partial charge in [-0.05, 0) is 29.4 Å². The molecular weight excluding hydrogens is 354 g/mol. The number of likely N-dealkylation sites (tertiary alicyclic amines) is 1. The molecule has 7 nitrogen and oxygen atoms in total. The molecule has 150 valence electrons. The Labute approximate surface area is 166 Å². The van der Waals surface area contributed by atoms with E-state index in [9.17, 15) is 4.79 Å². The van der Waals surface area contributed by atoms with E-state index in [-0.39, 0.29) is 18.2 Å². The van der Waals surface area contributed by atoms with Crippen molar-refractivity contribution in [2.24, 2.45) is 0 Å². The maximum Gasteiger partial charge on any atom is 0.321 e. The summed E-state index contributed by atoms with van der Waals surface area (Å²) in [6, 6.07) is 6.40. The van der Waals surface area contributed by atoms with Gasteiger partial charge in [-0.2, -0.15) is 0 Å². The van der Waals surface area contributed by atoms with Gasteiger partial charge in [0.05, 0.1) is 37.2 Å². The Morgan fingerprint density at radius 3 is 2.61 bits per heavy atom. The first kappa shape index (κ1) is 18.9. The lowest BCUT2D eigenvalue weighted by Crippen LogP contribution is -2.51. The average Bonchev–Trinajstić information content (AvgIpc) is 3.16. The molecule has 2 amide bonds. The molecule has 1 N–H and O–H groups in total. The number of urea groups is 1. The van der Waals surface area contributed by atoms with Crippen LogP contribution in [0.1, 0.15) is 68.8 Å². The lowest BCUT2D eigenvalue weighted by Gasteiger charge is -2.41. The molecule has 0 aliphatic carbocycles. The van der Waals surface area contributed by atoms with Crippen molar-refractivity contribution in [3.05, 3.63) is 41.2 Å². The number of aromatic nitrogens is 3. The van der Waals surface area contributed by atoms with Gasteiger partial charge < -0.3 is 15.0 Å². The van der Waals surface area contributed by atoms with Crippen molar-refractivity contribution in [2.45, 2.75) is 64.7 Å². The van der Waals surface area contributed by atoms with Crippen molar-refractivity contribution in [3.8, 4) is 0 Å². The van der Waals surface area contributed by atoms with Gasteiger partial charge >= 0.3 is 6.03 Å². The number of carbonyl (C=O) groups excluding carboxylic acids is 1. The summed E-state index contributed by atoms with van der Waals surface area (Å²) in [5.74, 6) is 0.680. The molecule has 0 spiro atoms. The first-order valence-corrected chi connectivity index (χ1v) is 10.1. The zero-order valence-corrected chi connectivity index (χ0v) is 17.1. The Morgan fingerprint density at radius 2 is 1.93 bits per heavy atom. The third kappa shape index (κ3) is 3.39. The lowest BCUT2D eigenvalue weighted by atomic mass is 9.92. The van der Waals surface area contributed by atoms with Crippen LogP contribution in [0.4, 0.5) is 10.5 Å². The first-order valence-electron chi connectivity index (χ1n) is 10.1. The number of nitrogens with one attached hydrogen (secondary N) is 1. The fraction of sp³-hybridized carbons (Fsp3) is 0.571. The molecule has 3 heterocycles. The molecule has 1 fully saturated rings. The molecule has 28 heavy (non-hydrogen) atoms. The summed E-state index contributed by atoms with van der Waals surface area (Å²) >= 11 is 0. The van der Waals surface area contributed by atoms with Crippen LogP contribution in [-0.4, -0.2) is 45.1 Å². The maximum absolute atomic E-state index is 13.1. The smallest absolute Gasteiger partial charge is 0.321 e. The van der Waals surface area contributed by atoms with E-state index >= 15 is 0 Å². The molecular formula is C21H29N5O2. The minimum absolute atomic E-state index is 0.0430. The first-order chi connectivity index (χ1) is 13.5. The fourth-order valence-electron chi connectivity index (χ4n) is 4.25. The zero-order valence-electron chi connectivity index (χ0n) is 17.1. The predicted octanol–water partition coefficient (Wildman–Crippen LogP) is 3.90. The normalized spacial score (nSPS) is 21.6. The second kappa shape index (κ2) is 7.54. The predicted molar refractivity (Wildman–Crippen MR) is 107 cm³/mol. The summed E-state index contributed by atoms with van der Waals surface area (Å²) < 4.78 is 7.97. The van der Waals surface area contributed by atoms with Crippen LogP contribution < -0.4 is 5.32 Å². The van der Waals surface area contributed by atoms with Crippen LogP contribution in [0.25, 0.3) is 0 Å². The van der Waals surface area contributed by atoms with E-state index in [1.54, 1.807) is 6.20 Å². The third-order valence-electron chi connectivity index (χ3n) is 5.82. The molecule has 2 atom stereocenters. The van der Waals surface area contributed by atoms with Crippen LogP contribution in [0, 0.1) is 0 Å². The molecule has 1 aromatic heterocycles. The van der Waals surface area contributed by atoms with Crippen LogP contribution in [0.15, 0.2) is 24.4 Å². The van der Waals surface area contributed by atoms with Gasteiger partial charge in [0.1, 0.15) is 0 Å². The molecule has 2 aliphatic heterocycles. The molecule has 2 aromatic rings. The Balaban J connectivity index is 1.51. The number of nitrogens with zero attached hydrogens (tertiary/aromatic N) is 4. The van der Waals surface area contributed by atoms with Crippen molar-refractivity contribution < 1.29 is 9.53 Å². The molecule has 7 heteroatoms. The average molecular weight is 383 g/mol. The van der Waals surface area contributed by atoms with Gasteiger partial charge in [0, 0.05) is 12.2 Å².